The first-order chi connectivity index (χ1) is 17.1. The molecule has 0 unspecified atom stereocenters. The molecule has 0 bridgehead atoms. The second kappa shape index (κ2) is 10.7. The van der Waals surface area contributed by atoms with Crippen molar-refractivity contribution in [3.8, 4) is 11.4 Å². The van der Waals surface area contributed by atoms with Crippen LogP contribution in [-0.2, 0) is 22.6 Å². The highest BCUT2D eigenvalue weighted by Crippen LogP contribution is 2.28. The molecule has 2 aromatic heterocycles. The lowest BCUT2D eigenvalue weighted by Gasteiger charge is -2.24. The molecule has 1 saturated carbocycles. The molecule has 3 aromatic rings. The van der Waals surface area contributed by atoms with Crippen LogP contribution >= 0.6 is 0 Å². The first kappa shape index (κ1) is 23.8. The van der Waals surface area contributed by atoms with Gasteiger partial charge in [0.1, 0.15) is 11.9 Å². The van der Waals surface area contributed by atoms with Crippen LogP contribution in [0.3, 0.4) is 0 Å². The maximum Gasteiger partial charge on any atom is 0.320 e. The number of carbonyl (C=O) groups excluding carboxylic acids is 1. The van der Waals surface area contributed by atoms with Crippen LogP contribution in [0.1, 0.15) is 49.7 Å². The number of rotatable bonds is 8. The van der Waals surface area contributed by atoms with Crippen LogP contribution in [0.4, 0.5) is 0 Å². The number of aromatic nitrogens is 3. The van der Waals surface area contributed by atoms with E-state index in [4.69, 9.17) is 9.72 Å². The summed E-state index contributed by atoms with van der Waals surface area (Å²) in [7, 11) is 0. The van der Waals surface area contributed by atoms with Crippen molar-refractivity contribution in [2.75, 3.05) is 19.6 Å². The fourth-order valence-electron chi connectivity index (χ4n) is 5.28. The van der Waals surface area contributed by atoms with Crippen molar-refractivity contribution in [3.63, 3.8) is 0 Å². The molecular weight excluding hydrogens is 442 g/mol. The lowest BCUT2D eigenvalue weighted by Crippen LogP contribution is -2.30. The molecule has 3 N–H and O–H groups in total. The van der Waals surface area contributed by atoms with Gasteiger partial charge < -0.3 is 24.9 Å². The third-order valence-corrected chi connectivity index (χ3v) is 7.26. The van der Waals surface area contributed by atoms with E-state index >= 15 is 0 Å². The molecular formula is C27H35N5O3. The topological polar surface area (TPSA) is 101 Å². The molecule has 1 aliphatic heterocycles. The Hall–Kier alpha value is -2.97. The number of imidazole rings is 1. The number of carbonyl (C=O) groups is 1. The van der Waals surface area contributed by atoms with Crippen LogP contribution in [0.5, 0.6) is 0 Å². The van der Waals surface area contributed by atoms with Gasteiger partial charge in [0.2, 0.25) is 0 Å². The molecule has 3 heterocycles. The van der Waals surface area contributed by atoms with Crippen LogP contribution in [0.25, 0.3) is 22.4 Å². The van der Waals surface area contributed by atoms with Crippen molar-refractivity contribution in [1.82, 2.24) is 25.2 Å². The Labute approximate surface area is 205 Å². The fraction of sp³-hybridized carbons (Fsp3) is 0.519. The Bertz CT molecular complexity index is 1240. The number of fused-ring (bicyclic) bond motifs is 1. The Balaban J connectivity index is 1.35. The van der Waals surface area contributed by atoms with Gasteiger partial charge in [0, 0.05) is 30.4 Å². The summed E-state index contributed by atoms with van der Waals surface area (Å²) < 4.78 is 7.83. The van der Waals surface area contributed by atoms with Crippen LogP contribution in [0, 0.1) is 12.8 Å². The number of esters is 1. The van der Waals surface area contributed by atoms with Crippen molar-refractivity contribution in [2.45, 2.75) is 64.6 Å². The smallest absolute Gasteiger partial charge is 0.320 e. The number of piperidine rings is 1. The van der Waals surface area contributed by atoms with E-state index in [9.17, 15) is 9.59 Å². The number of hydrogen-bond acceptors (Lipinski definition) is 6. The van der Waals surface area contributed by atoms with Crippen molar-refractivity contribution in [3.05, 3.63) is 51.9 Å². The highest BCUT2D eigenvalue weighted by atomic mass is 16.5. The van der Waals surface area contributed by atoms with Crippen molar-refractivity contribution in [2.24, 2.45) is 5.92 Å². The van der Waals surface area contributed by atoms with Crippen molar-refractivity contribution >= 4 is 17.0 Å². The second-order valence-electron chi connectivity index (χ2n) is 9.96. The lowest BCUT2D eigenvalue weighted by molar-refractivity contribution is -0.147. The molecule has 5 rings (SSSR count). The number of H-pyrrole nitrogens is 1. The second-order valence-corrected chi connectivity index (χ2v) is 9.96. The van der Waals surface area contributed by atoms with Gasteiger partial charge in [-0.05, 0) is 88.2 Å². The molecule has 1 aliphatic carbocycles. The number of nitrogens with one attached hydrogen (secondary N) is 3. The normalized spacial score (nSPS) is 17.3. The summed E-state index contributed by atoms with van der Waals surface area (Å²) in [5, 5.41) is 6.66. The monoisotopic (exact) mass is 477 g/mol. The van der Waals surface area contributed by atoms with Crippen LogP contribution in [-0.4, -0.2) is 46.2 Å². The van der Waals surface area contributed by atoms with Crippen molar-refractivity contribution < 1.29 is 9.53 Å². The van der Waals surface area contributed by atoms with Gasteiger partial charge in [-0.1, -0.05) is 6.07 Å². The Morgan fingerprint density at radius 3 is 2.74 bits per heavy atom. The average molecular weight is 478 g/mol. The zero-order valence-electron chi connectivity index (χ0n) is 20.4. The maximum absolute atomic E-state index is 12.1. The standard InChI is InChI=1S/C27H35N5O3/c1-18-12-21(15-30-27(18)34)26-31-23-13-20(14-29-16-25(33)35-22-4-2-3-5-22)6-7-24(23)32(26)17-19-8-10-28-11-9-19/h6-7,12-13,15,19,22,28-29H,2-5,8-11,14,16-17H2,1H3,(H,30,34). The van der Waals surface area contributed by atoms with E-state index in [1.54, 1.807) is 6.20 Å². The van der Waals surface area contributed by atoms with Crippen LogP contribution in [0.15, 0.2) is 35.3 Å². The van der Waals surface area contributed by atoms with E-state index in [2.05, 4.69) is 38.4 Å². The van der Waals surface area contributed by atoms with Crippen LogP contribution in [0.2, 0.25) is 0 Å². The Kier molecular flexibility index (Phi) is 7.29. The lowest BCUT2D eigenvalue weighted by atomic mass is 9.98. The largest absolute Gasteiger partial charge is 0.461 e. The maximum atomic E-state index is 12.1. The van der Waals surface area contributed by atoms with Gasteiger partial charge in [-0.25, -0.2) is 4.98 Å². The number of hydrogen-bond donors (Lipinski definition) is 3. The highest BCUT2D eigenvalue weighted by Gasteiger charge is 2.21. The third kappa shape index (κ3) is 5.65. The number of aromatic amines is 1. The molecule has 35 heavy (non-hydrogen) atoms. The quantitative estimate of drug-likeness (QED) is 0.431. The molecule has 2 aliphatic rings. The first-order valence-electron chi connectivity index (χ1n) is 12.9. The number of ether oxygens (including phenoxy) is 1. The number of pyridine rings is 1. The Morgan fingerprint density at radius 1 is 1.17 bits per heavy atom. The molecule has 1 saturated heterocycles. The molecule has 0 atom stereocenters. The van der Waals surface area contributed by atoms with Gasteiger partial charge in [-0.15, -0.1) is 0 Å². The minimum atomic E-state index is -0.181. The molecule has 2 fully saturated rings. The number of nitrogens with zero attached hydrogens (tertiary/aromatic N) is 2. The zero-order chi connectivity index (χ0) is 24.2. The predicted molar refractivity (Wildman–Crippen MR) is 136 cm³/mol. The minimum Gasteiger partial charge on any atom is -0.461 e. The Morgan fingerprint density at radius 2 is 1.97 bits per heavy atom. The summed E-state index contributed by atoms with van der Waals surface area (Å²) in [5.74, 6) is 1.28. The number of benzene rings is 1. The van der Waals surface area contributed by atoms with E-state index in [1.165, 1.54) is 0 Å². The van der Waals surface area contributed by atoms with Gasteiger partial charge in [0.15, 0.2) is 0 Å². The van der Waals surface area contributed by atoms with Gasteiger partial charge >= 0.3 is 5.97 Å². The fourth-order valence-corrected chi connectivity index (χ4v) is 5.28. The molecule has 0 spiro atoms. The third-order valence-electron chi connectivity index (χ3n) is 7.26. The summed E-state index contributed by atoms with van der Waals surface area (Å²) in [6.07, 6.45) is 8.41. The van der Waals surface area contributed by atoms with Gasteiger partial charge in [-0.3, -0.25) is 9.59 Å². The van der Waals surface area contributed by atoms with E-state index in [-0.39, 0.29) is 24.2 Å². The van der Waals surface area contributed by atoms with Gasteiger partial charge in [-0.2, -0.15) is 0 Å². The predicted octanol–water partition coefficient (Wildman–Crippen LogP) is 3.28. The summed E-state index contributed by atoms with van der Waals surface area (Å²) in [5.41, 5.74) is 4.60. The molecule has 0 radical (unpaired) electrons. The molecule has 186 valence electrons. The van der Waals surface area contributed by atoms with E-state index in [0.717, 1.165) is 86.1 Å². The molecule has 1 aromatic carbocycles. The van der Waals surface area contributed by atoms with E-state index in [0.29, 0.717) is 18.0 Å². The molecule has 8 nitrogen and oxygen atoms in total. The molecule has 8 heteroatoms. The van der Waals surface area contributed by atoms with E-state index < -0.39 is 0 Å². The van der Waals surface area contributed by atoms with Gasteiger partial charge in [0.05, 0.1) is 17.6 Å². The average Bonchev–Trinajstić information content (AvgIpc) is 3.49. The SMILES string of the molecule is Cc1cc(-c2nc3cc(CNCC(=O)OC4CCCC4)ccc3n2CC2CCNCC2)c[nH]c1=O. The van der Waals surface area contributed by atoms with E-state index in [1.807, 2.05) is 13.0 Å². The molecule has 0 amide bonds. The first-order valence-corrected chi connectivity index (χ1v) is 12.9. The zero-order valence-corrected chi connectivity index (χ0v) is 20.4. The highest BCUT2D eigenvalue weighted by molar-refractivity contribution is 5.81. The number of aryl methyl sites for hydroxylation is 1. The minimum absolute atomic E-state index is 0.0745. The summed E-state index contributed by atoms with van der Waals surface area (Å²) >= 11 is 0. The summed E-state index contributed by atoms with van der Waals surface area (Å²) in [4.78, 5) is 31.9. The van der Waals surface area contributed by atoms with Crippen molar-refractivity contribution in [1.29, 1.82) is 0 Å². The van der Waals surface area contributed by atoms with Crippen LogP contribution < -0.4 is 16.2 Å². The summed E-state index contributed by atoms with van der Waals surface area (Å²) in [6, 6.07) is 8.22. The van der Waals surface area contributed by atoms with Gasteiger partial charge in [0.25, 0.3) is 5.56 Å². The summed E-state index contributed by atoms with van der Waals surface area (Å²) in [6.45, 7) is 5.59.